The maximum atomic E-state index is 11.9. The van der Waals surface area contributed by atoms with Crippen molar-refractivity contribution in [3.8, 4) is 10.6 Å². The zero-order chi connectivity index (χ0) is 14.5. The Hall–Kier alpha value is -1.75. The summed E-state index contributed by atoms with van der Waals surface area (Å²) in [5, 5.41) is 0.849. The quantitative estimate of drug-likeness (QED) is 0.791. The molecule has 0 saturated heterocycles. The van der Waals surface area contributed by atoms with Crippen LogP contribution in [0, 0.1) is 0 Å². The van der Waals surface area contributed by atoms with Crippen LogP contribution in [0.25, 0.3) is 10.6 Å². The molecular formula is C15H18N2O2S. The number of nitrogens with zero attached hydrogens (tertiary/aromatic N) is 2. The van der Waals surface area contributed by atoms with Crippen LogP contribution in [0.5, 0.6) is 0 Å². The summed E-state index contributed by atoms with van der Waals surface area (Å²) in [6.07, 6.45) is 3.38. The van der Waals surface area contributed by atoms with Crippen molar-refractivity contribution < 1.29 is 9.53 Å². The van der Waals surface area contributed by atoms with Crippen LogP contribution in [-0.4, -0.2) is 22.5 Å². The van der Waals surface area contributed by atoms with E-state index >= 15 is 0 Å². The van der Waals surface area contributed by atoms with Gasteiger partial charge in [0.05, 0.1) is 12.3 Å². The van der Waals surface area contributed by atoms with Crippen LogP contribution in [0.2, 0.25) is 0 Å². The zero-order valence-corrected chi connectivity index (χ0v) is 12.8. The smallest absolute Gasteiger partial charge is 0.350 e. The van der Waals surface area contributed by atoms with E-state index in [4.69, 9.17) is 4.74 Å². The molecule has 2 aromatic heterocycles. The van der Waals surface area contributed by atoms with E-state index in [0.717, 1.165) is 34.8 Å². The molecule has 0 fully saturated rings. The van der Waals surface area contributed by atoms with E-state index in [1.165, 1.54) is 11.3 Å². The largest absolute Gasteiger partial charge is 0.462 e. The Morgan fingerprint density at radius 3 is 2.75 bits per heavy atom. The number of hydrogen-bond donors (Lipinski definition) is 0. The van der Waals surface area contributed by atoms with E-state index in [9.17, 15) is 4.79 Å². The predicted octanol–water partition coefficient (Wildman–Crippen LogP) is 3.51. The van der Waals surface area contributed by atoms with Crippen LogP contribution in [0.15, 0.2) is 18.3 Å². The third kappa shape index (κ3) is 3.04. The molecule has 0 spiro atoms. The van der Waals surface area contributed by atoms with Crippen molar-refractivity contribution in [2.75, 3.05) is 6.61 Å². The van der Waals surface area contributed by atoms with Gasteiger partial charge in [-0.3, -0.25) is 4.98 Å². The Morgan fingerprint density at radius 1 is 1.30 bits per heavy atom. The highest BCUT2D eigenvalue weighted by Crippen LogP contribution is 2.29. The lowest BCUT2D eigenvalue weighted by atomic mass is 10.2. The maximum Gasteiger partial charge on any atom is 0.350 e. The zero-order valence-electron chi connectivity index (χ0n) is 12.0. The van der Waals surface area contributed by atoms with Gasteiger partial charge in [0.25, 0.3) is 0 Å². The van der Waals surface area contributed by atoms with Crippen LogP contribution in [0.3, 0.4) is 0 Å². The van der Waals surface area contributed by atoms with Crippen molar-refractivity contribution in [2.45, 2.75) is 33.6 Å². The molecule has 4 nitrogen and oxygen atoms in total. The van der Waals surface area contributed by atoms with E-state index in [1.54, 1.807) is 6.20 Å². The Balaban J connectivity index is 2.40. The molecule has 2 rings (SSSR count). The number of aromatic nitrogens is 2. The first-order chi connectivity index (χ1) is 9.69. The average Bonchev–Trinajstić information content (AvgIpc) is 2.92. The molecule has 2 heterocycles. The lowest BCUT2D eigenvalue weighted by molar-refractivity contribution is 0.0530. The van der Waals surface area contributed by atoms with Crippen molar-refractivity contribution in [3.05, 3.63) is 34.6 Å². The Labute approximate surface area is 122 Å². The number of ether oxygens (including phenoxy) is 1. The highest BCUT2D eigenvalue weighted by atomic mass is 32.1. The van der Waals surface area contributed by atoms with Crippen molar-refractivity contribution >= 4 is 17.3 Å². The molecule has 0 bridgehead atoms. The maximum absolute atomic E-state index is 11.9. The Morgan fingerprint density at radius 2 is 2.10 bits per heavy atom. The van der Waals surface area contributed by atoms with E-state index in [1.807, 2.05) is 26.0 Å². The lowest BCUT2D eigenvalue weighted by Crippen LogP contribution is -2.05. The number of pyridine rings is 1. The van der Waals surface area contributed by atoms with Gasteiger partial charge in [0.2, 0.25) is 0 Å². The fourth-order valence-corrected chi connectivity index (χ4v) is 2.92. The van der Waals surface area contributed by atoms with E-state index in [0.29, 0.717) is 11.5 Å². The molecular weight excluding hydrogens is 272 g/mol. The third-order valence-corrected chi connectivity index (χ3v) is 4.05. The molecule has 0 unspecified atom stereocenters. The molecule has 0 radical (unpaired) electrons. The van der Waals surface area contributed by atoms with Crippen LogP contribution >= 0.6 is 11.3 Å². The topological polar surface area (TPSA) is 52.1 Å². The minimum atomic E-state index is -0.280. The second-order valence-electron chi connectivity index (χ2n) is 4.26. The molecule has 0 saturated carbocycles. The molecule has 0 amide bonds. The molecule has 0 aromatic carbocycles. The number of aryl methyl sites for hydroxylation is 2. The van der Waals surface area contributed by atoms with Crippen molar-refractivity contribution in [1.29, 1.82) is 0 Å². The van der Waals surface area contributed by atoms with Crippen LogP contribution in [0.1, 0.15) is 41.8 Å². The summed E-state index contributed by atoms with van der Waals surface area (Å²) < 4.78 is 5.08. The summed E-state index contributed by atoms with van der Waals surface area (Å²) in [5.41, 5.74) is 2.83. The summed E-state index contributed by atoms with van der Waals surface area (Å²) in [4.78, 5) is 21.4. The first kappa shape index (κ1) is 14.7. The fraction of sp³-hybridized carbons (Fsp3) is 0.400. The summed E-state index contributed by atoms with van der Waals surface area (Å²) >= 11 is 1.39. The van der Waals surface area contributed by atoms with Gasteiger partial charge in [-0.1, -0.05) is 13.8 Å². The molecule has 0 atom stereocenters. The van der Waals surface area contributed by atoms with Gasteiger partial charge < -0.3 is 4.74 Å². The molecule has 0 aliphatic carbocycles. The van der Waals surface area contributed by atoms with Gasteiger partial charge >= 0.3 is 5.97 Å². The first-order valence-electron chi connectivity index (χ1n) is 6.81. The van der Waals surface area contributed by atoms with Gasteiger partial charge in [-0.25, -0.2) is 9.78 Å². The molecule has 0 aliphatic rings. The summed E-state index contributed by atoms with van der Waals surface area (Å²) in [6, 6.07) is 3.94. The summed E-state index contributed by atoms with van der Waals surface area (Å²) in [6.45, 7) is 6.24. The number of thiazole rings is 1. The standard InChI is InChI=1S/C15H18N2O2S/c1-4-11-9-10(7-8-16-11)14-17-12(5-2)13(20-14)15(18)19-6-3/h7-9H,4-6H2,1-3H3. The minimum Gasteiger partial charge on any atom is -0.462 e. The molecule has 106 valence electrons. The van der Waals surface area contributed by atoms with Gasteiger partial charge in [-0.05, 0) is 31.9 Å². The van der Waals surface area contributed by atoms with Crippen LogP contribution < -0.4 is 0 Å². The predicted molar refractivity (Wildman–Crippen MR) is 80.1 cm³/mol. The van der Waals surface area contributed by atoms with Crippen LogP contribution in [0.4, 0.5) is 0 Å². The van der Waals surface area contributed by atoms with Gasteiger partial charge in [-0.2, -0.15) is 0 Å². The van der Waals surface area contributed by atoms with E-state index < -0.39 is 0 Å². The SMILES string of the molecule is CCOC(=O)c1sc(-c2ccnc(CC)c2)nc1CC. The lowest BCUT2D eigenvalue weighted by Gasteiger charge is -1.99. The minimum absolute atomic E-state index is 0.280. The molecule has 20 heavy (non-hydrogen) atoms. The highest BCUT2D eigenvalue weighted by Gasteiger charge is 2.18. The fourth-order valence-electron chi connectivity index (χ4n) is 1.88. The highest BCUT2D eigenvalue weighted by molar-refractivity contribution is 7.17. The van der Waals surface area contributed by atoms with Gasteiger partial charge in [-0.15, -0.1) is 11.3 Å². The van der Waals surface area contributed by atoms with Gasteiger partial charge in [0.15, 0.2) is 0 Å². The van der Waals surface area contributed by atoms with Crippen molar-refractivity contribution in [3.63, 3.8) is 0 Å². The average molecular weight is 290 g/mol. The second-order valence-corrected chi connectivity index (χ2v) is 5.26. The number of carbonyl (C=O) groups excluding carboxylic acids is 1. The number of rotatable bonds is 5. The van der Waals surface area contributed by atoms with Crippen molar-refractivity contribution in [2.24, 2.45) is 0 Å². The molecule has 0 aliphatic heterocycles. The van der Waals surface area contributed by atoms with Crippen molar-refractivity contribution in [1.82, 2.24) is 9.97 Å². The third-order valence-electron chi connectivity index (χ3n) is 2.92. The van der Waals surface area contributed by atoms with Crippen LogP contribution in [-0.2, 0) is 17.6 Å². The van der Waals surface area contributed by atoms with E-state index in [-0.39, 0.29) is 5.97 Å². The van der Waals surface area contributed by atoms with Gasteiger partial charge in [0, 0.05) is 17.5 Å². The summed E-state index contributed by atoms with van der Waals surface area (Å²) in [7, 11) is 0. The normalized spacial score (nSPS) is 10.6. The second kappa shape index (κ2) is 6.61. The monoisotopic (exact) mass is 290 g/mol. The number of carbonyl (C=O) groups is 1. The molecule has 5 heteroatoms. The number of esters is 1. The Kier molecular flexibility index (Phi) is 4.84. The summed E-state index contributed by atoms with van der Waals surface area (Å²) in [5.74, 6) is -0.280. The number of hydrogen-bond acceptors (Lipinski definition) is 5. The van der Waals surface area contributed by atoms with E-state index in [2.05, 4.69) is 16.9 Å². The van der Waals surface area contributed by atoms with Gasteiger partial charge in [0.1, 0.15) is 9.88 Å². The Bertz CT molecular complexity index is 608. The molecule has 2 aromatic rings. The molecule has 0 N–H and O–H groups in total. The first-order valence-corrected chi connectivity index (χ1v) is 7.63.